The maximum absolute atomic E-state index is 11.0. The third-order valence-electron chi connectivity index (χ3n) is 1.91. The van der Waals surface area contributed by atoms with Crippen molar-refractivity contribution in [3.63, 3.8) is 0 Å². The van der Waals surface area contributed by atoms with Gasteiger partial charge in [-0.25, -0.2) is 0 Å². The van der Waals surface area contributed by atoms with E-state index < -0.39 is 0 Å². The number of hydrogen-bond donors (Lipinski definition) is 2. The highest BCUT2D eigenvalue weighted by molar-refractivity contribution is 5.87. The molecule has 1 aromatic carbocycles. The molecule has 0 aliphatic heterocycles. The molecule has 0 aliphatic rings. The van der Waals surface area contributed by atoms with Gasteiger partial charge in [0.1, 0.15) is 5.75 Å². The molecule has 0 radical (unpaired) electrons. The van der Waals surface area contributed by atoms with Crippen molar-refractivity contribution in [2.75, 3.05) is 0 Å². The third-order valence-corrected chi connectivity index (χ3v) is 1.91. The van der Waals surface area contributed by atoms with Crippen LogP contribution in [0.4, 0.5) is 0 Å². The number of aromatic hydroxyl groups is 1. The number of benzene rings is 1. The van der Waals surface area contributed by atoms with E-state index in [1.54, 1.807) is 18.2 Å². The number of phenolic OH excluding ortho intramolecular Hbond substituents is 1. The van der Waals surface area contributed by atoms with Crippen LogP contribution in [0, 0.1) is 0 Å². The minimum Gasteiger partial charge on any atom is -0.508 e. The summed E-state index contributed by atoms with van der Waals surface area (Å²) in [6.07, 6.45) is 1.22. The molecular formula is C11H13NO2. The topological polar surface area (TPSA) is 49.3 Å². The average molecular weight is 191 g/mol. The summed E-state index contributed by atoms with van der Waals surface area (Å²) in [4.78, 5) is 11.0. The van der Waals surface area contributed by atoms with Crippen LogP contribution in [-0.2, 0) is 4.79 Å². The van der Waals surface area contributed by atoms with Crippen LogP contribution in [0.2, 0.25) is 0 Å². The Morgan fingerprint density at radius 1 is 1.64 bits per heavy atom. The molecule has 3 nitrogen and oxygen atoms in total. The number of rotatable bonds is 3. The van der Waals surface area contributed by atoms with Gasteiger partial charge in [-0.3, -0.25) is 4.79 Å². The van der Waals surface area contributed by atoms with Gasteiger partial charge in [-0.05, 0) is 30.7 Å². The first-order valence-electron chi connectivity index (χ1n) is 4.35. The van der Waals surface area contributed by atoms with Gasteiger partial charge >= 0.3 is 0 Å². The lowest BCUT2D eigenvalue weighted by molar-refractivity contribution is -0.117. The molecule has 1 aromatic rings. The summed E-state index contributed by atoms with van der Waals surface area (Å²) in [5.41, 5.74) is 0.861. The Bertz CT molecular complexity index is 347. The Morgan fingerprint density at radius 2 is 2.36 bits per heavy atom. The molecular weight excluding hydrogens is 178 g/mol. The molecule has 1 amide bonds. The van der Waals surface area contributed by atoms with Crippen LogP contribution in [-0.4, -0.2) is 11.0 Å². The summed E-state index contributed by atoms with van der Waals surface area (Å²) in [6.45, 7) is 5.21. The zero-order valence-electron chi connectivity index (χ0n) is 8.03. The number of nitrogens with one attached hydrogen (secondary N) is 1. The molecule has 0 aliphatic carbocycles. The highest BCUT2D eigenvalue weighted by atomic mass is 16.3. The van der Waals surface area contributed by atoms with Crippen LogP contribution in [0.1, 0.15) is 18.5 Å². The second kappa shape index (κ2) is 4.46. The number of carbonyl (C=O) groups excluding carboxylic acids is 1. The summed E-state index contributed by atoms with van der Waals surface area (Å²) in [6, 6.07) is 6.65. The van der Waals surface area contributed by atoms with Gasteiger partial charge in [0.2, 0.25) is 5.91 Å². The van der Waals surface area contributed by atoms with Crippen molar-refractivity contribution in [2.45, 2.75) is 13.0 Å². The summed E-state index contributed by atoms with van der Waals surface area (Å²) in [5.74, 6) is -0.0250. The molecule has 74 valence electrons. The van der Waals surface area contributed by atoms with Crippen molar-refractivity contribution in [3.05, 3.63) is 42.5 Å². The van der Waals surface area contributed by atoms with E-state index >= 15 is 0 Å². The summed E-state index contributed by atoms with van der Waals surface area (Å²) >= 11 is 0. The molecule has 14 heavy (non-hydrogen) atoms. The van der Waals surface area contributed by atoms with Crippen molar-refractivity contribution >= 4 is 5.91 Å². The second-order valence-corrected chi connectivity index (χ2v) is 3.03. The molecule has 0 saturated heterocycles. The normalized spacial score (nSPS) is 11.8. The van der Waals surface area contributed by atoms with Crippen molar-refractivity contribution in [1.29, 1.82) is 0 Å². The first-order chi connectivity index (χ1) is 6.63. The van der Waals surface area contributed by atoms with E-state index in [-0.39, 0.29) is 17.7 Å². The number of hydrogen-bond acceptors (Lipinski definition) is 2. The van der Waals surface area contributed by atoms with Crippen molar-refractivity contribution in [2.24, 2.45) is 0 Å². The lowest BCUT2D eigenvalue weighted by atomic mass is 10.1. The van der Waals surface area contributed by atoms with Crippen LogP contribution in [0.5, 0.6) is 5.75 Å². The highest BCUT2D eigenvalue weighted by Crippen LogP contribution is 2.17. The molecule has 2 N–H and O–H groups in total. The molecule has 0 fully saturated rings. The SMILES string of the molecule is C=CC(=O)N[C@H](C)c1cccc(O)c1. The van der Waals surface area contributed by atoms with Gasteiger partial charge in [0.15, 0.2) is 0 Å². The molecule has 1 rings (SSSR count). The van der Waals surface area contributed by atoms with Crippen LogP contribution < -0.4 is 5.32 Å². The average Bonchev–Trinajstić information content (AvgIpc) is 2.17. The fraction of sp³-hybridized carbons (Fsp3) is 0.182. The smallest absolute Gasteiger partial charge is 0.243 e. The Labute approximate surface area is 83.1 Å². The van der Waals surface area contributed by atoms with E-state index in [1.165, 1.54) is 6.08 Å². The number of carbonyl (C=O) groups is 1. The van der Waals surface area contributed by atoms with E-state index in [2.05, 4.69) is 11.9 Å². The Hall–Kier alpha value is -1.77. The molecule has 0 heterocycles. The van der Waals surface area contributed by atoms with E-state index in [1.807, 2.05) is 13.0 Å². The maximum Gasteiger partial charge on any atom is 0.243 e. The van der Waals surface area contributed by atoms with Gasteiger partial charge in [0.05, 0.1) is 6.04 Å². The fourth-order valence-electron chi connectivity index (χ4n) is 1.15. The van der Waals surface area contributed by atoms with E-state index in [4.69, 9.17) is 0 Å². The Morgan fingerprint density at radius 3 is 2.93 bits per heavy atom. The molecule has 0 spiro atoms. The van der Waals surface area contributed by atoms with Crippen LogP contribution >= 0.6 is 0 Å². The summed E-state index contributed by atoms with van der Waals surface area (Å²) in [5, 5.41) is 11.9. The van der Waals surface area contributed by atoms with Crippen LogP contribution in [0.25, 0.3) is 0 Å². The van der Waals surface area contributed by atoms with Gasteiger partial charge in [-0.1, -0.05) is 18.7 Å². The van der Waals surface area contributed by atoms with Crippen molar-refractivity contribution in [3.8, 4) is 5.75 Å². The number of phenols is 1. The van der Waals surface area contributed by atoms with Gasteiger partial charge in [-0.2, -0.15) is 0 Å². The van der Waals surface area contributed by atoms with Gasteiger partial charge in [0, 0.05) is 0 Å². The molecule has 0 aromatic heterocycles. The zero-order valence-corrected chi connectivity index (χ0v) is 8.03. The van der Waals surface area contributed by atoms with Gasteiger partial charge < -0.3 is 10.4 Å². The zero-order chi connectivity index (χ0) is 10.6. The Balaban J connectivity index is 2.74. The summed E-state index contributed by atoms with van der Waals surface area (Å²) < 4.78 is 0. The van der Waals surface area contributed by atoms with E-state index in [0.717, 1.165) is 5.56 Å². The van der Waals surface area contributed by atoms with Gasteiger partial charge in [0.25, 0.3) is 0 Å². The monoisotopic (exact) mass is 191 g/mol. The number of amides is 1. The molecule has 0 bridgehead atoms. The largest absolute Gasteiger partial charge is 0.508 e. The quantitative estimate of drug-likeness (QED) is 0.715. The molecule has 3 heteroatoms. The maximum atomic E-state index is 11.0. The van der Waals surface area contributed by atoms with E-state index in [0.29, 0.717) is 0 Å². The minimum atomic E-state index is -0.221. The van der Waals surface area contributed by atoms with E-state index in [9.17, 15) is 9.90 Å². The summed E-state index contributed by atoms with van der Waals surface area (Å²) in [7, 11) is 0. The lowest BCUT2D eigenvalue weighted by Crippen LogP contribution is -2.24. The van der Waals surface area contributed by atoms with Crippen molar-refractivity contribution < 1.29 is 9.90 Å². The minimum absolute atomic E-state index is 0.132. The van der Waals surface area contributed by atoms with Crippen LogP contribution in [0.3, 0.4) is 0 Å². The lowest BCUT2D eigenvalue weighted by Gasteiger charge is -2.12. The standard InChI is InChI=1S/C11H13NO2/c1-3-11(14)12-8(2)9-5-4-6-10(13)7-9/h3-8,13H,1H2,2H3,(H,12,14)/t8-/m1/s1. The third kappa shape index (κ3) is 2.62. The fourth-order valence-corrected chi connectivity index (χ4v) is 1.15. The predicted octanol–water partition coefficient (Wildman–Crippen LogP) is 1.76. The first kappa shape index (κ1) is 10.3. The van der Waals surface area contributed by atoms with Gasteiger partial charge in [-0.15, -0.1) is 0 Å². The highest BCUT2D eigenvalue weighted by Gasteiger charge is 2.06. The van der Waals surface area contributed by atoms with Crippen molar-refractivity contribution in [1.82, 2.24) is 5.32 Å². The molecule has 1 atom stereocenters. The Kier molecular flexibility index (Phi) is 3.29. The molecule has 0 saturated carbocycles. The molecule has 0 unspecified atom stereocenters. The predicted molar refractivity (Wildman–Crippen MR) is 54.9 cm³/mol. The second-order valence-electron chi connectivity index (χ2n) is 3.03. The van der Waals surface area contributed by atoms with Crippen LogP contribution in [0.15, 0.2) is 36.9 Å². The first-order valence-corrected chi connectivity index (χ1v) is 4.35.